The highest BCUT2D eigenvalue weighted by Crippen LogP contribution is 2.35. The van der Waals surface area contributed by atoms with Gasteiger partial charge in [0.2, 0.25) is 5.91 Å². The highest BCUT2D eigenvalue weighted by molar-refractivity contribution is 5.76. The lowest BCUT2D eigenvalue weighted by Crippen LogP contribution is -2.33. The minimum atomic E-state index is -2.96. The van der Waals surface area contributed by atoms with Gasteiger partial charge in [0.25, 0.3) is 5.92 Å². The summed E-state index contributed by atoms with van der Waals surface area (Å²) in [6, 6.07) is 6.17. The molecular weight excluding hydrogens is 360 g/mol. The minimum absolute atomic E-state index is 0.00523. The average molecular weight is 398 g/mol. The van der Waals surface area contributed by atoms with Crippen molar-refractivity contribution >= 4 is 5.91 Å². The molecular formula is C23H37F2NO2. The first-order valence-corrected chi connectivity index (χ1v) is 10.8. The molecule has 0 aromatic heterocycles. The summed E-state index contributed by atoms with van der Waals surface area (Å²) in [5, 5.41) is 0. The van der Waals surface area contributed by atoms with E-state index in [0.717, 1.165) is 51.6 Å². The van der Waals surface area contributed by atoms with Gasteiger partial charge in [-0.05, 0) is 37.8 Å². The number of carbonyl (C=O) groups is 1. The molecule has 0 unspecified atom stereocenters. The van der Waals surface area contributed by atoms with Gasteiger partial charge in [0.1, 0.15) is 5.75 Å². The van der Waals surface area contributed by atoms with Crippen LogP contribution >= 0.6 is 0 Å². The Kier molecular flexibility index (Phi) is 11.8. The van der Waals surface area contributed by atoms with E-state index in [4.69, 9.17) is 4.74 Å². The Bertz CT molecular complexity index is 555. The highest BCUT2D eigenvalue weighted by atomic mass is 19.3. The Morgan fingerprint density at radius 3 is 2.25 bits per heavy atom. The molecule has 28 heavy (non-hydrogen) atoms. The van der Waals surface area contributed by atoms with Crippen molar-refractivity contribution in [3.05, 3.63) is 29.8 Å². The Morgan fingerprint density at radius 1 is 1.00 bits per heavy atom. The van der Waals surface area contributed by atoms with Gasteiger partial charge >= 0.3 is 0 Å². The van der Waals surface area contributed by atoms with Crippen LogP contribution < -0.4 is 4.74 Å². The largest absolute Gasteiger partial charge is 0.494 e. The van der Waals surface area contributed by atoms with Gasteiger partial charge in [0, 0.05) is 31.5 Å². The van der Waals surface area contributed by atoms with Gasteiger partial charge in [0.05, 0.1) is 6.61 Å². The molecule has 0 saturated carbocycles. The maximum Gasteiger partial charge on any atom is 0.273 e. The predicted octanol–water partition coefficient (Wildman–Crippen LogP) is 6.56. The number of hydrogen-bond donors (Lipinski definition) is 0. The van der Waals surface area contributed by atoms with Crippen LogP contribution in [0.5, 0.6) is 5.75 Å². The predicted molar refractivity (Wildman–Crippen MR) is 111 cm³/mol. The van der Waals surface area contributed by atoms with E-state index < -0.39 is 5.92 Å². The van der Waals surface area contributed by atoms with Gasteiger partial charge in [-0.1, -0.05) is 52.2 Å². The summed E-state index contributed by atoms with van der Waals surface area (Å²) in [4.78, 5) is 14.3. The van der Waals surface area contributed by atoms with Crippen molar-refractivity contribution in [1.82, 2.24) is 4.90 Å². The fourth-order valence-corrected chi connectivity index (χ4v) is 2.97. The summed E-state index contributed by atoms with van der Waals surface area (Å²) < 4.78 is 34.7. The fraction of sp³-hybridized carbons (Fsp3) is 0.696. The Labute approximate surface area is 169 Å². The normalized spacial score (nSPS) is 11.5. The number of ether oxygens (including phenoxy) is 1. The lowest BCUT2D eigenvalue weighted by molar-refractivity contribution is -0.131. The van der Waals surface area contributed by atoms with Crippen LogP contribution in [0.25, 0.3) is 0 Å². The van der Waals surface area contributed by atoms with Crippen LogP contribution in [0.2, 0.25) is 0 Å². The molecule has 0 saturated heterocycles. The van der Waals surface area contributed by atoms with Crippen molar-refractivity contribution in [2.45, 2.75) is 84.5 Å². The van der Waals surface area contributed by atoms with Crippen LogP contribution in [0, 0.1) is 0 Å². The van der Waals surface area contributed by atoms with Crippen LogP contribution in [0.3, 0.4) is 0 Å². The average Bonchev–Trinajstić information content (AvgIpc) is 2.68. The molecule has 5 heteroatoms. The number of unbranched alkanes of at least 4 members (excludes halogenated alkanes) is 3. The van der Waals surface area contributed by atoms with Crippen LogP contribution in [0.1, 0.15) is 84.1 Å². The summed E-state index contributed by atoms with van der Waals surface area (Å²) in [5.41, 5.74) is -0.0391. The fourth-order valence-electron chi connectivity index (χ4n) is 2.97. The third-order valence-electron chi connectivity index (χ3n) is 4.82. The number of amides is 1. The first-order chi connectivity index (χ1) is 13.4. The maximum atomic E-state index is 14.6. The van der Waals surface area contributed by atoms with Crippen molar-refractivity contribution in [3.8, 4) is 5.75 Å². The van der Waals surface area contributed by atoms with Gasteiger partial charge in [-0.3, -0.25) is 4.79 Å². The van der Waals surface area contributed by atoms with E-state index in [2.05, 4.69) is 20.8 Å². The topological polar surface area (TPSA) is 29.5 Å². The monoisotopic (exact) mass is 397 g/mol. The molecule has 0 heterocycles. The molecule has 0 aliphatic rings. The summed E-state index contributed by atoms with van der Waals surface area (Å²) in [7, 11) is 0. The molecule has 0 N–H and O–H groups in total. The third kappa shape index (κ3) is 9.03. The first kappa shape index (κ1) is 24.4. The summed E-state index contributed by atoms with van der Waals surface area (Å²) in [6.45, 7) is 8.21. The lowest BCUT2D eigenvalue weighted by atomic mass is 10.0. The second-order valence-electron chi connectivity index (χ2n) is 7.38. The molecule has 1 aromatic carbocycles. The standard InChI is InChI=1S/C23H37F2NO2/c1-4-7-16-26(17-8-5-2)22(27)14-11-15-23(24,25)20-12-10-13-21(19-20)28-18-9-6-3/h10,12-13,19H,4-9,11,14-18H2,1-3H3. The zero-order chi connectivity index (χ0) is 20.8. The quantitative estimate of drug-likeness (QED) is 0.314. The molecule has 1 amide bonds. The Hall–Kier alpha value is -1.65. The van der Waals surface area contributed by atoms with Gasteiger partial charge in [-0.15, -0.1) is 0 Å². The van der Waals surface area contributed by atoms with E-state index >= 15 is 0 Å². The van der Waals surface area contributed by atoms with E-state index in [-0.39, 0.29) is 30.7 Å². The van der Waals surface area contributed by atoms with Crippen molar-refractivity contribution in [2.24, 2.45) is 0 Å². The van der Waals surface area contributed by atoms with E-state index in [9.17, 15) is 13.6 Å². The summed E-state index contributed by atoms with van der Waals surface area (Å²) in [6.07, 6.45) is 5.87. The number of halogens is 2. The van der Waals surface area contributed by atoms with E-state index in [1.165, 1.54) is 12.1 Å². The minimum Gasteiger partial charge on any atom is -0.494 e. The lowest BCUT2D eigenvalue weighted by Gasteiger charge is -2.23. The van der Waals surface area contributed by atoms with Crippen LogP contribution in [-0.4, -0.2) is 30.5 Å². The molecule has 1 aromatic rings. The van der Waals surface area contributed by atoms with E-state index in [1.54, 1.807) is 12.1 Å². The van der Waals surface area contributed by atoms with Gasteiger partial charge in [-0.25, -0.2) is 8.78 Å². The molecule has 0 atom stereocenters. The van der Waals surface area contributed by atoms with Crippen molar-refractivity contribution in [2.75, 3.05) is 19.7 Å². The van der Waals surface area contributed by atoms with Crippen molar-refractivity contribution in [3.63, 3.8) is 0 Å². The SMILES string of the molecule is CCCCOc1cccc(C(F)(F)CCCC(=O)N(CCCC)CCCC)c1. The number of alkyl halides is 2. The molecule has 3 nitrogen and oxygen atoms in total. The van der Waals surface area contributed by atoms with Crippen molar-refractivity contribution in [1.29, 1.82) is 0 Å². The zero-order valence-corrected chi connectivity index (χ0v) is 17.8. The summed E-state index contributed by atoms with van der Waals surface area (Å²) in [5.74, 6) is -2.48. The molecule has 0 aliphatic carbocycles. The Morgan fingerprint density at radius 2 is 1.64 bits per heavy atom. The number of hydrogen-bond acceptors (Lipinski definition) is 2. The first-order valence-electron chi connectivity index (χ1n) is 10.8. The summed E-state index contributed by atoms with van der Waals surface area (Å²) >= 11 is 0. The molecule has 1 rings (SSSR count). The molecule has 0 aliphatic heterocycles. The van der Waals surface area contributed by atoms with Gasteiger partial charge in [0.15, 0.2) is 0 Å². The van der Waals surface area contributed by atoms with Gasteiger partial charge in [-0.2, -0.15) is 0 Å². The third-order valence-corrected chi connectivity index (χ3v) is 4.82. The highest BCUT2D eigenvalue weighted by Gasteiger charge is 2.31. The van der Waals surface area contributed by atoms with Crippen LogP contribution in [0.15, 0.2) is 24.3 Å². The van der Waals surface area contributed by atoms with Crippen LogP contribution in [0.4, 0.5) is 8.78 Å². The maximum absolute atomic E-state index is 14.6. The number of nitrogens with zero attached hydrogens (tertiary/aromatic N) is 1. The molecule has 0 bridgehead atoms. The second kappa shape index (κ2) is 13.5. The molecule has 0 spiro atoms. The van der Waals surface area contributed by atoms with Crippen molar-refractivity contribution < 1.29 is 18.3 Å². The molecule has 0 fully saturated rings. The smallest absolute Gasteiger partial charge is 0.273 e. The number of benzene rings is 1. The second-order valence-corrected chi connectivity index (χ2v) is 7.38. The number of rotatable bonds is 15. The molecule has 0 radical (unpaired) electrons. The number of carbonyl (C=O) groups excluding carboxylic acids is 1. The Balaban J connectivity index is 2.57. The van der Waals surface area contributed by atoms with E-state index in [0.29, 0.717) is 12.4 Å². The van der Waals surface area contributed by atoms with Crippen LogP contribution in [-0.2, 0) is 10.7 Å². The zero-order valence-electron chi connectivity index (χ0n) is 17.8. The van der Waals surface area contributed by atoms with Gasteiger partial charge < -0.3 is 9.64 Å². The molecule has 160 valence electrons. The van der Waals surface area contributed by atoms with E-state index in [1.807, 2.05) is 4.90 Å².